The van der Waals surface area contributed by atoms with Gasteiger partial charge >= 0.3 is 0 Å². The molecule has 3 aliphatic rings. The minimum Gasteiger partial charge on any atom is -0.507 e. The molecule has 1 N–H and O–H groups in total. The van der Waals surface area contributed by atoms with Crippen molar-refractivity contribution in [2.45, 2.75) is 38.3 Å². The lowest BCUT2D eigenvalue weighted by molar-refractivity contribution is -0.140. The second-order valence-corrected chi connectivity index (χ2v) is 10.3. The van der Waals surface area contributed by atoms with Crippen LogP contribution in [-0.2, 0) is 29.0 Å². The second-order valence-electron chi connectivity index (χ2n) is 10.3. The Kier molecular flexibility index (Phi) is 6.06. The summed E-state index contributed by atoms with van der Waals surface area (Å²) in [6.45, 7) is 0.338. The average Bonchev–Trinajstić information content (AvgIpc) is 3.50. The fourth-order valence-corrected chi connectivity index (χ4v) is 5.62. The van der Waals surface area contributed by atoms with E-state index in [0.717, 1.165) is 42.5 Å². The molecular weight excluding hydrogens is 480 g/mol. The zero-order valence-electron chi connectivity index (χ0n) is 21.6. The molecule has 0 aromatic heterocycles. The van der Waals surface area contributed by atoms with E-state index in [1.807, 2.05) is 79.7 Å². The van der Waals surface area contributed by atoms with Crippen LogP contribution >= 0.6 is 0 Å². The van der Waals surface area contributed by atoms with Gasteiger partial charge in [-0.1, -0.05) is 30.3 Å². The Bertz CT molecular complexity index is 1460. The molecule has 2 heterocycles. The minimum absolute atomic E-state index is 0.115. The number of carbonyl (C=O) groups excluding carboxylic acids is 2. The standard InChI is InChI=1S/C31H30N2O5/c1-32(2)24-12-10-21(11-13-24)28-27(29(34)23-9-8-20-5-3-4-6-22(20)16-23)30(35)31(36)33(28)17-19-7-14-25-26(15-19)38-18-37-25/h7-16,28,34H,3-6,17-18H2,1-2H3/b29-27-. The van der Waals surface area contributed by atoms with Gasteiger partial charge in [0.25, 0.3) is 11.7 Å². The van der Waals surface area contributed by atoms with Crippen molar-refractivity contribution < 1.29 is 24.2 Å². The number of benzene rings is 3. The highest BCUT2D eigenvalue weighted by atomic mass is 16.7. The van der Waals surface area contributed by atoms with Crippen LogP contribution in [0.15, 0.2) is 66.2 Å². The summed E-state index contributed by atoms with van der Waals surface area (Å²) in [5.41, 5.74) is 5.73. The van der Waals surface area contributed by atoms with Gasteiger partial charge in [0.05, 0.1) is 11.6 Å². The Morgan fingerprint density at radius 2 is 1.66 bits per heavy atom. The number of ketones is 1. The van der Waals surface area contributed by atoms with Gasteiger partial charge in [0.15, 0.2) is 11.5 Å². The number of nitrogens with zero attached hydrogens (tertiary/aromatic N) is 2. The van der Waals surface area contributed by atoms with E-state index in [0.29, 0.717) is 17.1 Å². The first-order chi connectivity index (χ1) is 18.4. The average molecular weight is 511 g/mol. The van der Waals surface area contributed by atoms with E-state index < -0.39 is 17.7 Å². The van der Waals surface area contributed by atoms with Crippen molar-refractivity contribution in [2.24, 2.45) is 0 Å². The van der Waals surface area contributed by atoms with Crippen LogP contribution in [0.1, 0.15) is 46.7 Å². The number of aliphatic hydroxyl groups excluding tert-OH is 1. The molecule has 1 amide bonds. The van der Waals surface area contributed by atoms with Gasteiger partial charge in [-0.2, -0.15) is 0 Å². The first kappa shape index (κ1) is 24.1. The number of likely N-dealkylation sites (tertiary alicyclic amines) is 1. The smallest absolute Gasteiger partial charge is 0.295 e. The molecule has 3 aromatic carbocycles. The molecule has 0 spiro atoms. The van der Waals surface area contributed by atoms with Gasteiger partial charge in [0.2, 0.25) is 6.79 Å². The van der Waals surface area contributed by atoms with E-state index in [1.54, 1.807) is 0 Å². The van der Waals surface area contributed by atoms with Crippen molar-refractivity contribution in [1.29, 1.82) is 0 Å². The molecule has 1 atom stereocenters. The van der Waals surface area contributed by atoms with Crippen molar-refractivity contribution in [2.75, 3.05) is 25.8 Å². The van der Waals surface area contributed by atoms with Crippen LogP contribution in [0, 0.1) is 0 Å². The highest BCUT2D eigenvalue weighted by Crippen LogP contribution is 2.42. The molecule has 2 aliphatic heterocycles. The van der Waals surface area contributed by atoms with E-state index >= 15 is 0 Å². The summed E-state index contributed by atoms with van der Waals surface area (Å²) < 4.78 is 10.9. The molecule has 38 heavy (non-hydrogen) atoms. The Balaban J connectivity index is 1.44. The lowest BCUT2D eigenvalue weighted by atomic mass is 9.88. The molecule has 0 saturated carbocycles. The summed E-state index contributed by atoms with van der Waals surface area (Å²) in [6, 6.07) is 18.4. The number of ether oxygens (including phenoxy) is 2. The van der Waals surface area contributed by atoms with Crippen molar-refractivity contribution in [3.05, 3.63) is 94.1 Å². The Hall–Kier alpha value is -4.26. The van der Waals surface area contributed by atoms with Crippen LogP contribution in [0.3, 0.4) is 0 Å². The third-order valence-corrected chi connectivity index (χ3v) is 7.68. The van der Waals surface area contributed by atoms with Crippen molar-refractivity contribution in [3.8, 4) is 11.5 Å². The Labute approximate surface area is 221 Å². The van der Waals surface area contributed by atoms with Crippen LogP contribution in [0.4, 0.5) is 5.69 Å². The summed E-state index contributed by atoms with van der Waals surface area (Å²) in [6.07, 6.45) is 4.24. The predicted octanol–water partition coefficient (Wildman–Crippen LogP) is 4.98. The molecule has 7 nitrogen and oxygen atoms in total. The van der Waals surface area contributed by atoms with Crippen LogP contribution in [-0.4, -0.2) is 42.6 Å². The molecule has 0 bridgehead atoms. The van der Waals surface area contributed by atoms with Gasteiger partial charge in [-0.3, -0.25) is 9.59 Å². The zero-order chi connectivity index (χ0) is 26.4. The molecular formula is C31H30N2O5. The van der Waals surface area contributed by atoms with Crippen LogP contribution in [0.2, 0.25) is 0 Å². The van der Waals surface area contributed by atoms with Gasteiger partial charge in [-0.15, -0.1) is 0 Å². The maximum atomic E-state index is 13.5. The van der Waals surface area contributed by atoms with E-state index in [1.165, 1.54) is 16.0 Å². The highest BCUT2D eigenvalue weighted by molar-refractivity contribution is 6.46. The molecule has 1 unspecified atom stereocenters. The van der Waals surface area contributed by atoms with E-state index in [9.17, 15) is 14.7 Å². The summed E-state index contributed by atoms with van der Waals surface area (Å²) in [4.78, 5) is 30.5. The molecule has 7 heteroatoms. The number of fused-ring (bicyclic) bond motifs is 2. The summed E-state index contributed by atoms with van der Waals surface area (Å²) in [5, 5.41) is 11.5. The predicted molar refractivity (Wildman–Crippen MR) is 144 cm³/mol. The second kappa shape index (κ2) is 9.56. The summed E-state index contributed by atoms with van der Waals surface area (Å²) in [7, 11) is 3.91. The minimum atomic E-state index is -0.729. The normalized spacial score (nSPS) is 19.5. The fraction of sp³-hybridized carbons (Fsp3) is 0.290. The first-order valence-electron chi connectivity index (χ1n) is 13.0. The van der Waals surface area contributed by atoms with Crippen molar-refractivity contribution >= 4 is 23.1 Å². The highest BCUT2D eigenvalue weighted by Gasteiger charge is 2.46. The maximum Gasteiger partial charge on any atom is 0.295 e. The van der Waals surface area contributed by atoms with E-state index in [4.69, 9.17) is 9.47 Å². The van der Waals surface area contributed by atoms with Crippen molar-refractivity contribution in [3.63, 3.8) is 0 Å². The molecule has 0 radical (unpaired) electrons. The number of hydrogen-bond acceptors (Lipinski definition) is 6. The lowest BCUT2D eigenvalue weighted by Gasteiger charge is -2.26. The third-order valence-electron chi connectivity index (χ3n) is 7.68. The van der Waals surface area contributed by atoms with E-state index in [-0.39, 0.29) is 24.7 Å². The number of rotatable bonds is 5. The molecule has 1 saturated heterocycles. The number of hydrogen-bond donors (Lipinski definition) is 1. The van der Waals surface area contributed by atoms with Gasteiger partial charge in [-0.25, -0.2) is 0 Å². The summed E-state index contributed by atoms with van der Waals surface area (Å²) >= 11 is 0. The molecule has 1 fully saturated rings. The van der Waals surface area contributed by atoms with Gasteiger partial charge in [0.1, 0.15) is 5.76 Å². The number of aliphatic hydroxyl groups is 1. The Morgan fingerprint density at radius 1 is 0.921 bits per heavy atom. The summed E-state index contributed by atoms with van der Waals surface area (Å²) in [5.74, 6) is -0.183. The third kappa shape index (κ3) is 4.18. The van der Waals surface area contributed by atoms with E-state index in [2.05, 4.69) is 0 Å². The topological polar surface area (TPSA) is 79.3 Å². The first-order valence-corrected chi connectivity index (χ1v) is 13.0. The number of amides is 1. The van der Waals surface area contributed by atoms with Gasteiger partial charge in [0, 0.05) is 31.9 Å². The largest absolute Gasteiger partial charge is 0.507 e. The van der Waals surface area contributed by atoms with Gasteiger partial charge < -0.3 is 24.4 Å². The lowest BCUT2D eigenvalue weighted by Crippen LogP contribution is -2.29. The van der Waals surface area contributed by atoms with Crippen LogP contribution < -0.4 is 14.4 Å². The maximum absolute atomic E-state index is 13.5. The molecule has 1 aliphatic carbocycles. The monoisotopic (exact) mass is 510 g/mol. The number of Topliss-reactive ketones (excluding diaryl/α,β-unsaturated/α-hetero) is 1. The molecule has 3 aromatic rings. The number of carbonyl (C=O) groups is 2. The molecule has 6 rings (SSSR count). The zero-order valence-corrected chi connectivity index (χ0v) is 21.6. The fourth-order valence-electron chi connectivity index (χ4n) is 5.62. The SMILES string of the molecule is CN(C)c1ccc(C2/C(=C(/O)c3ccc4c(c3)CCCC4)C(=O)C(=O)N2Cc2ccc3c(c2)OCO3)cc1. The van der Waals surface area contributed by atoms with Crippen LogP contribution in [0.25, 0.3) is 5.76 Å². The van der Waals surface area contributed by atoms with Crippen LogP contribution in [0.5, 0.6) is 11.5 Å². The molecule has 194 valence electrons. The Morgan fingerprint density at radius 3 is 2.42 bits per heavy atom. The quantitative estimate of drug-likeness (QED) is 0.296. The number of aryl methyl sites for hydroxylation is 2. The van der Waals surface area contributed by atoms with Gasteiger partial charge in [-0.05, 0) is 78.3 Å². The van der Waals surface area contributed by atoms with Crippen molar-refractivity contribution in [1.82, 2.24) is 4.90 Å². The number of anilines is 1.